The molecule has 0 radical (unpaired) electrons. The van der Waals surface area contributed by atoms with Crippen molar-refractivity contribution in [3.8, 4) is 0 Å². The molecule has 0 unspecified atom stereocenters. The average Bonchev–Trinajstić information content (AvgIpc) is 3.49. The van der Waals surface area contributed by atoms with Crippen molar-refractivity contribution in [2.45, 2.75) is 55.4 Å². The molecule has 8 N–H and O–H groups in total. The van der Waals surface area contributed by atoms with Crippen molar-refractivity contribution in [3.05, 3.63) is 100 Å². The summed E-state index contributed by atoms with van der Waals surface area (Å²) in [5.74, 6) is 0. The molecule has 4 heterocycles. The molecule has 20 heteroatoms. The number of nitrogens with zero attached hydrogens (tertiary/aromatic N) is 6. The molecule has 0 aliphatic heterocycles. The van der Waals surface area contributed by atoms with Crippen LogP contribution >= 0.6 is 0 Å². The summed E-state index contributed by atoms with van der Waals surface area (Å²) in [4.78, 5) is 16.5. The average molecular weight is 939 g/mol. The number of aromatic amines is 4. The van der Waals surface area contributed by atoms with E-state index in [1.54, 1.807) is 0 Å². The van der Waals surface area contributed by atoms with Crippen LogP contribution in [0.1, 0.15) is 45.6 Å². The first-order valence-corrected chi connectivity index (χ1v) is 10.2. The zero-order chi connectivity index (χ0) is 28.3. The van der Waals surface area contributed by atoms with Gasteiger partial charge in [-0.25, -0.2) is 0 Å². The number of hydrogen-bond acceptors (Lipinski definition) is 10. The molecule has 0 saturated carbocycles. The van der Waals surface area contributed by atoms with Gasteiger partial charge in [0.15, 0.2) is 0 Å². The second-order valence-electron chi connectivity index (χ2n) is 7.22. The first kappa shape index (κ1) is 49.6. The van der Waals surface area contributed by atoms with Crippen molar-refractivity contribution < 1.29 is 65.9 Å². The van der Waals surface area contributed by atoms with Gasteiger partial charge in [0.2, 0.25) is 0 Å². The van der Waals surface area contributed by atoms with Crippen molar-refractivity contribution >= 4 is 0 Å². The van der Waals surface area contributed by atoms with Crippen molar-refractivity contribution in [3.63, 3.8) is 0 Å². The van der Waals surface area contributed by atoms with E-state index in [0.717, 1.165) is 45.6 Å². The normalized spacial score (nSPS) is 7.80. The van der Waals surface area contributed by atoms with Crippen molar-refractivity contribution in [1.29, 1.82) is 0 Å². The van der Waals surface area contributed by atoms with Crippen LogP contribution < -0.4 is 0 Å². The molecule has 4 aromatic rings. The van der Waals surface area contributed by atoms with E-state index >= 15 is 0 Å². The number of aryl methyl sites for hydroxylation is 8. The minimum Gasteiger partial charge on any atom is -0.412 e. The van der Waals surface area contributed by atoms with Crippen molar-refractivity contribution in [1.82, 2.24) is 40.8 Å². The zero-order valence-electron chi connectivity index (χ0n) is 23.0. The number of aromatic nitrogens is 8. The van der Waals surface area contributed by atoms with Gasteiger partial charge >= 0.3 is 44.8 Å². The summed E-state index contributed by atoms with van der Waals surface area (Å²) < 4.78 is 0. The van der Waals surface area contributed by atoms with Crippen LogP contribution in [0.5, 0.6) is 0 Å². The predicted molar refractivity (Wildman–Crippen MR) is 140 cm³/mol. The third kappa shape index (κ3) is 36.8. The molecule has 0 aliphatic carbocycles. The van der Waals surface area contributed by atoms with Crippen LogP contribution in [0.25, 0.3) is 0 Å². The van der Waals surface area contributed by atoms with Crippen molar-refractivity contribution in [2.24, 2.45) is 0 Å². The molecular weight excluding hydrogens is 902 g/mol. The Morgan fingerprint density at radius 1 is 0.475 bits per heavy atom. The molecule has 0 amide bonds. The monoisotopic (exact) mass is 938 g/mol. The predicted octanol–water partition coefficient (Wildman–Crippen LogP) is 1.97. The van der Waals surface area contributed by atoms with Crippen LogP contribution in [0.4, 0.5) is 0 Å². The van der Waals surface area contributed by atoms with Gasteiger partial charge in [-0.1, -0.05) is 0 Å². The Hall–Kier alpha value is -3.36. The third-order valence-electron chi connectivity index (χ3n) is 3.34. The summed E-state index contributed by atoms with van der Waals surface area (Å²) in [5, 5.41) is 56.3. The molecule has 0 aromatic carbocycles. The number of H-pyrrole nitrogens is 4. The first-order chi connectivity index (χ1) is 16.6. The Bertz CT molecular complexity index is 909. The molecule has 0 aliphatic rings. The first-order valence-electron chi connectivity index (χ1n) is 10.2. The van der Waals surface area contributed by atoms with Crippen LogP contribution in [-0.4, -0.2) is 61.9 Å². The summed E-state index contributed by atoms with van der Waals surface area (Å²) in [6.45, 7) is 15.8. The summed E-state index contributed by atoms with van der Waals surface area (Å²) in [7, 11) is 0. The molecule has 18 nitrogen and oxygen atoms in total. The zero-order valence-corrected chi connectivity index (χ0v) is 27.4. The number of nitrogens with one attached hydrogen (secondary N) is 4. The van der Waals surface area contributed by atoms with Gasteiger partial charge < -0.3 is 41.6 Å². The van der Waals surface area contributed by atoms with Crippen LogP contribution in [0.2, 0.25) is 0 Å². The van der Waals surface area contributed by atoms with Gasteiger partial charge in [0.1, 0.15) is 0 Å². The second kappa shape index (κ2) is 28.6. The van der Waals surface area contributed by atoms with Crippen LogP contribution in [-0.2, 0) is 44.8 Å². The van der Waals surface area contributed by atoms with Gasteiger partial charge in [-0.05, 0) is 79.7 Å². The number of rotatable bonds is 0. The molecule has 4 aromatic heterocycles. The van der Waals surface area contributed by atoms with Gasteiger partial charge in [-0.15, -0.1) is 0 Å². The van der Waals surface area contributed by atoms with Crippen LogP contribution in [0.3, 0.4) is 0 Å². The summed E-state index contributed by atoms with van der Waals surface area (Å²) in [6, 6.07) is 8.00. The van der Waals surface area contributed by atoms with Gasteiger partial charge in [-0.3, -0.25) is 20.4 Å². The maximum atomic E-state index is 8.25. The standard InChI is InChI=1S/4C5H8N2.2Au.2NO3.2H2O/c4*1-4-3-5(2)7-6-4;;;2*2-1(3)4;;/h4*3H,1-2H3,(H,6,7);;;;;2*1H2/q;;;;2*+1;2*-1;;. The van der Waals surface area contributed by atoms with Gasteiger partial charge in [0, 0.05) is 22.8 Å². The Morgan fingerprint density at radius 2 is 0.600 bits per heavy atom. The maximum absolute atomic E-state index is 8.25. The quantitative estimate of drug-likeness (QED) is 0.113. The molecule has 0 atom stereocenters. The molecule has 0 bridgehead atoms. The van der Waals surface area contributed by atoms with E-state index in [9.17, 15) is 0 Å². The molecule has 40 heavy (non-hydrogen) atoms. The van der Waals surface area contributed by atoms with Gasteiger partial charge in [-0.2, -0.15) is 20.4 Å². The summed E-state index contributed by atoms with van der Waals surface area (Å²) >= 11 is 0. The van der Waals surface area contributed by atoms with E-state index in [0.29, 0.717) is 0 Å². The van der Waals surface area contributed by atoms with E-state index in [4.69, 9.17) is 30.6 Å². The fourth-order valence-electron chi connectivity index (χ4n) is 2.22. The Morgan fingerprint density at radius 3 is 0.625 bits per heavy atom. The topological polar surface area (TPSA) is 310 Å². The van der Waals surface area contributed by atoms with Crippen LogP contribution in [0, 0.1) is 86.0 Å². The van der Waals surface area contributed by atoms with Gasteiger partial charge in [0.05, 0.1) is 32.9 Å². The Balaban J connectivity index is -0.0000000863. The molecule has 0 spiro atoms. The summed E-state index contributed by atoms with van der Waals surface area (Å²) in [6.07, 6.45) is 0. The Labute approximate surface area is 261 Å². The van der Waals surface area contributed by atoms with E-state index in [-0.39, 0.29) is 55.7 Å². The smallest absolute Gasteiger partial charge is 0.412 e. The maximum Gasteiger partial charge on any atom is 1.00 e. The Kier molecular flexibility index (Phi) is 35.5. The molecular formula is C20H36Au2N10O8. The second-order valence-corrected chi connectivity index (χ2v) is 7.22. The molecule has 4 rings (SSSR count). The molecule has 0 saturated heterocycles. The van der Waals surface area contributed by atoms with Crippen molar-refractivity contribution in [2.75, 3.05) is 0 Å². The van der Waals surface area contributed by atoms with E-state index in [1.165, 1.54) is 0 Å². The third-order valence-corrected chi connectivity index (χ3v) is 3.34. The summed E-state index contributed by atoms with van der Waals surface area (Å²) in [5.41, 5.74) is 8.70. The SMILES string of the molecule is Cc1cc(C)[nH]n1.Cc1cc(C)[nH]n1.Cc1cc(C)[nH]n1.Cc1cc(C)[nH]n1.O.O.O=[N+]([O-])[O-].O=[N+]([O-])[O-].[Au+].[Au+]. The van der Waals surface area contributed by atoms with E-state index < -0.39 is 10.2 Å². The van der Waals surface area contributed by atoms with E-state index in [2.05, 4.69) is 40.8 Å². The van der Waals surface area contributed by atoms with Crippen LogP contribution in [0.15, 0.2) is 24.3 Å². The fraction of sp³-hybridized carbons (Fsp3) is 0.400. The fourth-order valence-corrected chi connectivity index (χ4v) is 2.22. The molecule has 0 fully saturated rings. The minimum absolute atomic E-state index is 0. The minimum atomic E-state index is -1.75. The largest absolute Gasteiger partial charge is 1.00 e. The molecule has 236 valence electrons. The van der Waals surface area contributed by atoms with Gasteiger partial charge in [0.25, 0.3) is 0 Å². The van der Waals surface area contributed by atoms with E-state index in [1.807, 2.05) is 79.7 Å². The number of hydrogen-bond donors (Lipinski definition) is 4.